The van der Waals surface area contributed by atoms with Crippen molar-refractivity contribution < 1.29 is 9.53 Å². The summed E-state index contributed by atoms with van der Waals surface area (Å²) >= 11 is 5.80. The number of halogens is 1. The molecule has 3 rings (SSSR count). The first-order chi connectivity index (χ1) is 11.7. The van der Waals surface area contributed by atoms with Gasteiger partial charge in [0.05, 0.1) is 18.5 Å². The molecule has 2 aromatic carbocycles. The largest absolute Gasteiger partial charge is 0.462 e. The molecule has 0 fully saturated rings. The van der Waals surface area contributed by atoms with Crippen LogP contribution in [0.5, 0.6) is 0 Å². The molecule has 0 saturated heterocycles. The lowest BCUT2D eigenvalue weighted by atomic mass is 10.1. The van der Waals surface area contributed by atoms with Gasteiger partial charge >= 0.3 is 5.97 Å². The quantitative estimate of drug-likeness (QED) is 0.689. The minimum atomic E-state index is -0.331. The Kier molecular flexibility index (Phi) is 5.29. The zero-order valence-corrected chi connectivity index (χ0v) is 13.8. The van der Waals surface area contributed by atoms with Gasteiger partial charge < -0.3 is 9.72 Å². The Bertz CT molecular complexity index is 781. The van der Waals surface area contributed by atoms with Crippen LogP contribution in [-0.2, 0) is 17.6 Å². The molecular weight excluding hydrogens is 324 g/mol. The normalized spacial score (nSPS) is 10.5. The fraction of sp³-hybridized carbons (Fsp3) is 0.158. The van der Waals surface area contributed by atoms with Crippen molar-refractivity contribution in [1.82, 2.24) is 9.97 Å². The molecule has 1 heterocycles. The van der Waals surface area contributed by atoms with E-state index in [0.717, 1.165) is 17.7 Å². The van der Waals surface area contributed by atoms with Crippen molar-refractivity contribution in [2.24, 2.45) is 0 Å². The van der Waals surface area contributed by atoms with E-state index in [-0.39, 0.29) is 5.97 Å². The lowest BCUT2D eigenvalue weighted by Crippen LogP contribution is -2.08. The summed E-state index contributed by atoms with van der Waals surface area (Å²) in [5, 5.41) is 0.599. The number of nitrogens with one attached hydrogen (secondary N) is 1. The van der Waals surface area contributed by atoms with E-state index in [2.05, 4.69) is 34.2 Å². The van der Waals surface area contributed by atoms with Gasteiger partial charge in [0.1, 0.15) is 0 Å². The number of hydrogen-bond donors (Lipinski definition) is 1. The molecule has 0 bridgehead atoms. The fourth-order valence-electron chi connectivity index (χ4n) is 2.36. The molecule has 0 amide bonds. The van der Waals surface area contributed by atoms with E-state index >= 15 is 0 Å². The van der Waals surface area contributed by atoms with Crippen LogP contribution in [-0.4, -0.2) is 22.5 Å². The standard InChI is InChI=1S/C19H17ClN2O2/c20-17-7-5-16(6-8-17)19(23)24-10-9-14-1-3-15(4-2-14)11-18-12-21-13-22-18/h1-8,12-13H,9-11H2,(H,21,22). The molecule has 0 saturated carbocycles. The first-order valence-corrected chi connectivity index (χ1v) is 8.06. The van der Waals surface area contributed by atoms with Crippen LogP contribution < -0.4 is 0 Å². The van der Waals surface area contributed by atoms with Crippen molar-refractivity contribution in [1.29, 1.82) is 0 Å². The monoisotopic (exact) mass is 340 g/mol. The molecule has 0 aliphatic carbocycles. The average molecular weight is 341 g/mol. The Morgan fingerprint density at radius 1 is 1.04 bits per heavy atom. The lowest BCUT2D eigenvalue weighted by molar-refractivity contribution is 0.0509. The maximum absolute atomic E-state index is 11.9. The maximum atomic E-state index is 11.9. The number of H-pyrrole nitrogens is 1. The van der Waals surface area contributed by atoms with Crippen LogP contribution in [0.3, 0.4) is 0 Å². The van der Waals surface area contributed by atoms with Crippen molar-refractivity contribution in [3.63, 3.8) is 0 Å². The van der Waals surface area contributed by atoms with Gasteiger partial charge in [-0.15, -0.1) is 0 Å². The highest BCUT2D eigenvalue weighted by atomic mass is 35.5. The van der Waals surface area contributed by atoms with Crippen LogP contribution >= 0.6 is 11.6 Å². The van der Waals surface area contributed by atoms with Gasteiger partial charge in [-0.3, -0.25) is 0 Å². The summed E-state index contributed by atoms with van der Waals surface area (Å²) in [4.78, 5) is 19.0. The van der Waals surface area contributed by atoms with Gasteiger partial charge in [-0.25, -0.2) is 9.78 Å². The van der Waals surface area contributed by atoms with E-state index in [1.165, 1.54) is 5.56 Å². The topological polar surface area (TPSA) is 55.0 Å². The Balaban J connectivity index is 1.48. The van der Waals surface area contributed by atoms with E-state index in [1.807, 2.05) is 6.20 Å². The minimum absolute atomic E-state index is 0.331. The van der Waals surface area contributed by atoms with Gasteiger partial charge in [-0.2, -0.15) is 0 Å². The zero-order valence-electron chi connectivity index (χ0n) is 13.0. The zero-order chi connectivity index (χ0) is 16.8. The van der Waals surface area contributed by atoms with E-state index in [1.54, 1.807) is 30.6 Å². The summed E-state index contributed by atoms with van der Waals surface area (Å²) in [7, 11) is 0. The smallest absolute Gasteiger partial charge is 0.338 e. The van der Waals surface area contributed by atoms with Crippen LogP contribution in [0.25, 0.3) is 0 Å². The van der Waals surface area contributed by atoms with Crippen LogP contribution in [0, 0.1) is 0 Å². The van der Waals surface area contributed by atoms with Crippen LogP contribution in [0.4, 0.5) is 0 Å². The molecule has 24 heavy (non-hydrogen) atoms. The second-order valence-electron chi connectivity index (χ2n) is 5.46. The van der Waals surface area contributed by atoms with Crippen molar-refractivity contribution >= 4 is 17.6 Å². The van der Waals surface area contributed by atoms with Crippen molar-refractivity contribution in [3.8, 4) is 0 Å². The maximum Gasteiger partial charge on any atom is 0.338 e. The number of nitrogens with zero attached hydrogens (tertiary/aromatic N) is 1. The minimum Gasteiger partial charge on any atom is -0.462 e. The van der Waals surface area contributed by atoms with Crippen LogP contribution in [0.1, 0.15) is 27.2 Å². The molecule has 0 aliphatic heterocycles. The third-order valence-electron chi connectivity index (χ3n) is 3.68. The van der Waals surface area contributed by atoms with Crippen LogP contribution in [0.2, 0.25) is 5.02 Å². The van der Waals surface area contributed by atoms with Gasteiger partial charge in [0.25, 0.3) is 0 Å². The SMILES string of the molecule is O=C(OCCc1ccc(Cc2cnc[nH]2)cc1)c1ccc(Cl)cc1. The second-order valence-corrected chi connectivity index (χ2v) is 5.90. The highest BCUT2D eigenvalue weighted by Gasteiger charge is 2.06. The van der Waals surface area contributed by atoms with Gasteiger partial charge in [0.15, 0.2) is 0 Å². The number of aromatic amines is 1. The molecule has 0 radical (unpaired) electrons. The second kappa shape index (κ2) is 7.79. The van der Waals surface area contributed by atoms with Crippen molar-refractivity contribution in [2.45, 2.75) is 12.8 Å². The van der Waals surface area contributed by atoms with Gasteiger partial charge in [0, 0.05) is 29.8 Å². The van der Waals surface area contributed by atoms with E-state index in [0.29, 0.717) is 23.6 Å². The lowest BCUT2D eigenvalue weighted by Gasteiger charge is -2.06. The van der Waals surface area contributed by atoms with Gasteiger partial charge in [0.2, 0.25) is 0 Å². The molecule has 5 heteroatoms. The fourth-order valence-corrected chi connectivity index (χ4v) is 2.48. The molecule has 3 aromatic rings. The summed E-state index contributed by atoms with van der Waals surface area (Å²) in [6.45, 7) is 0.349. The van der Waals surface area contributed by atoms with E-state index in [4.69, 9.17) is 16.3 Å². The van der Waals surface area contributed by atoms with Gasteiger partial charge in [-0.1, -0.05) is 35.9 Å². The molecular formula is C19H17ClN2O2. The molecule has 122 valence electrons. The molecule has 0 aliphatic rings. The summed E-state index contributed by atoms with van der Waals surface area (Å²) in [6.07, 6.45) is 5.01. The number of rotatable bonds is 6. The molecule has 0 unspecified atom stereocenters. The number of ether oxygens (including phenoxy) is 1. The predicted octanol–water partition coefficient (Wildman–Crippen LogP) is 4.05. The molecule has 4 nitrogen and oxygen atoms in total. The Morgan fingerprint density at radius 2 is 1.75 bits per heavy atom. The van der Waals surface area contributed by atoms with E-state index < -0.39 is 0 Å². The number of esters is 1. The van der Waals surface area contributed by atoms with Crippen LogP contribution in [0.15, 0.2) is 61.1 Å². The number of benzene rings is 2. The molecule has 1 aromatic heterocycles. The first-order valence-electron chi connectivity index (χ1n) is 7.68. The summed E-state index contributed by atoms with van der Waals surface area (Å²) in [5.41, 5.74) is 3.93. The third kappa shape index (κ3) is 4.46. The number of carbonyl (C=O) groups excluding carboxylic acids is 1. The Hall–Kier alpha value is -2.59. The number of carbonyl (C=O) groups is 1. The summed E-state index contributed by atoms with van der Waals surface area (Å²) in [5.74, 6) is -0.331. The average Bonchev–Trinajstić information content (AvgIpc) is 3.10. The summed E-state index contributed by atoms with van der Waals surface area (Å²) < 4.78 is 5.29. The summed E-state index contributed by atoms with van der Waals surface area (Å²) in [6, 6.07) is 15.0. The molecule has 0 spiro atoms. The third-order valence-corrected chi connectivity index (χ3v) is 3.93. The Labute approximate surface area is 145 Å². The van der Waals surface area contributed by atoms with Gasteiger partial charge in [-0.05, 0) is 35.4 Å². The van der Waals surface area contributed by atoms with Crippen molar-refractivity contribution in [3.05, 3.63) is 88.5 Å². The Morgan fingerprint density at radius 3 is 2.42 bits per heavy atom. The number of aromatic nitrogens is 2. The van der Waals surface area contributed by atoms with E-state index in [9.17, 15) is 4.79 Å². The molecule has 1 N–H and O–H groups in total. The highest BCUT2D eigenvalue weighted by molar-refractivity contribution is 6.30. The number of imidazole rings is 1. The predicted molar refractivity (Wildman–Crippen MR) is 93.3 cm³/mol. The van der Waals surface area contributed by atoms with Crippen molar-refractivity contribution in [2.75, 3.05) is 6.61 Å². The highest BCUT2D eigenvalue weighted by Crippen LogP contribution is 2.12. The number of hydrogen-bond acceptors (Lipinski definition) is 3. The first kappa shape index (κ1) is 16.3. The molecule has 0 atom stereocenters.